The van der Waals surface area contributed by atoms with Crippen LogP contribution in [-0.4, -0.2) is 18.7 Å². The second-order valence-corrected chi connectivity index (χ2v) is 9.80. The van der Waals surface area contributed by atoms with E-state index >= 15 is 0 Å². The quantitative estimate of drug-likeness (QED) is 0.129. The summed E-state index contributed by atoms with van der Waals surface area (Å²) in [5.41, 5.74) is 1.67. The van der Waals surface area contributed by atoms with E-state index in [1.807, 2.05) is 24.3 Å². The Labute approximate surface area is 212 Å². The molecule has 0 bridgehead atoms. The van der Waals surface area contributed by atoms with E-state index in [0.717, 1.165) is 42.9 Å². The molecule has 0 spiro atoms. The standard InChI is InChI=1S/C31H44O4/c1-3-5-7-9-11-13-15-29-24-26-23-25(16-21-30(26)34-29)31(32)35-28-19-17-27(18-20-28)33-22-14-12-10-8-6-4-2/h16-21,23,29H,3-15,22,24H2,1-2H3. The molecule has 1 aliphatic heterocycles. The minimum Gasteiger partial charge on any atom is -0.494 e. The third kappa shape index (κ3) is 9.58. The number of carbonyl (C=O) groups excluding carboxylic acids is 1. The van der Waals surface area contributed by atoms with Gasteiger partial charge in [0.2, 0.25) is 0 Å². The predicted octanol–water partition coefficient (Wildman–Crippen LogP) is 8.70. The van der Waals surface area contributed by atoms with Crippen LogP contribution in [0.2, 0.25) is 0 Å². The Morgan fingerprint density at radius 2 is 1.43 bits per heavy atom. The highest BCUT2D eigenvalue weighted by Crippen LogP contribution is 2.32. The third-order valence-electron chi connectivity index (χ3n) is 6.72. The summed E-state index contributed by atoms with van der Waals surface area (Å²) in [4.78, 5) is 12.7. The van der Waals surface area contributed by atoms with Crippen LogP contribution in [-0.2, 0) is 6.42 Å². The van der Waals surface area contributed by atoms with Gasteiger partial charge in [0.25, 0.3) is 0 Å². The van der Waals surface area contributed by atoms with Crippen molar-refractivity contribution in [2.75, 3.05) is 6.61 Å². The van der Waals surface area contributed by atoms with Crippen molar-refractivity contribution >= 4 is 5.97 Å². The monoisotopic (exact) mass is 480 g/mol. The van der Waals surface area contributed by atoms with Gasteiger partial charge in [-0.15, -0.1) is 0 Å². The Hall–Kier alpha value is -2.49. The van der Waals surface area contributed by atoms with Gasteiger partial charge in [0, 0.05) is 6.42 Å². The van der Waals surface area contributed by atoms with Gasteiger partial charge in [0.1, 0.15) is 23.4 Å². The Morgan fingerprint density at radius 3 is 2.14 bits per heavy atom. The van der Waals surface area contributed by atoms with Gasteiger partial charge in [-0.25, -0.2) is 4.79 Å². The summed E-state index contributed by atoms with van der Waals surface area (Å²) in [5.74, 6) is 1.90. The number of fused-ring (bicyclic) bond motifs is 1. The lowest BCUT2D eigenvalue weighted by molar-refractivity contribution is 0.0734. The van der Waals surface area contributed by atoms with Crippen molar-refractivity contribution in [1.29, 1.82) is 0 Å². The number of hydrogen-bond acceptors (Lipinski definition) is 4. The summed E-state index contributed by atoms with van der Waals surface area (Å²) in [6.07, 6.45) is 17.4. The minimum absolute atomic E-state index is 0.228. The van der Waals surface area contributed by atoms with E-state index in [-0.39, 0.29) is 12.1 Å². The van der Waals surface area contributed by atoms with E-state index in [0.29, 0.717) is 11.3 Å². The first-order valence-electron chi connectivity index (χ1n) is 13.9. The summed E-state index contributed by atoms with van der Waals surface area (Å²) in [5, 5.41) is 0. The van der Waals surface area contributed by atoms with Crippen molar-refractivity contribution in [3.8, 4) is 17.2 Å². The van der Waals surface area contributed by atoms with Gasteiger partial charge < -0.3 is 14.2 Å². The Balaban J connectivity index is 1.38. The van der Waals surface area contributed by atoms with Crippen molar-refractivity contribution in [2.24, 2.45) is 0 Å². The van der Waals surface area contributed by atoms with Crippen LogP contribution in [0.4, 0.5) is 0 Å². The zero-order valence-electron chi connectivity index (χ0n) is 21.9. The van der Waals surface area contributed by atoms with E-state index in [2.05, 4.69) is 13.8 Å². The molecule has 0 fully saturated rings. The molecule has 0 saturated carbocycles. The highest BCUT2D eigenvalue weighted by molar-refractivity contribution is 5.91. The van der Waals surface area contributed by atoms with Gasteiger partial charge in [-0.3, -0.25) is 0 Å². The average Bonchev–Trinajstić information content (AvgIpc) is 3.28. The topological polar surface area (TPSA) is 44.8 Å². The largest absolute Gasteiger partial charge is 0.494 e. The third-order valence-corrected chi connectivity index (χ3v) is 6.72. The van der Waals surface area contributed by atoms with Crippen LogP contribution in [0.1, 0.15) is 113 Å². The first-order chi connectivity index (χ1) is 17.2. The van der Waals surface area contributed by atoms with Crippen LogP contribution >= 0.6 is 0 Å². The van der Waals surface area contributed by atoms with E-state index in [4.69, 9.17) is 14.2 Å². The zero-order valence-corrected chi connectivity index (χ0v) is 21.9. The fourth-order valence-electron chi connectivity index (χ4n) is 4.60. The van der Waals surface area contributed by atoms with E-state index in [9.17, 15) is 4.79 Å². The molecule has 0 aliphatic carbocycles. The first-order valence-corrected chi connectivity index (χ1v) is 13.9. The number of benzene rings is 2. The van der Waals surface area contributed by atoms with Crippen LogP contribution < -0.4 is 14.2 Å². The minimum atomic E-state index is -0.340. The molecule has 0 saturated heterocycles. The predicted molar refractivity (Wildman–Crippen MR) is 143 cm³/mol. The molecule has 0 amide bonds. The molecule has 2 aromatic carbocycles. The van der Waals surface area contributed by atoms with Crippen molar-refractivity contribution < 1.29 is 19.0 Å². The number of ether oxygens (including phenoxy) is 3. The molecule has 0 radical (unpaired) electrons. The lowest BCUT2D eigenvalue weighted by Crippen LogP contribution is -2.12. The molecule has 1 aliphatic rings. The van der Waals surface area contributed by atoms with Gasteiger partial charge in [0.15, 0.2) is 0 Å². The Bertz CT molecular complexity index is 874. The maximum Gasteiger partial charge on any atom is 0.343 e. The molecule has 35 heavy (non-hydrogen) atoms. The SMILES string of the molecule is CCCCCCCCOc1ccc(OC(=O)c2ccc3c(c2)CC(CCCCCCCC)O3)cc1. The lowest BCUT2D eigenvalue weighted by Gasteiger charge is -2.10. The highest BCUT2D eigenvalue weighted by Gasteiger charge is 2.24. The molecule has 0 N–H and O–H groups in total. The Kier molecular flexibility index (Phi) is 12.0. The normalized spacial score (nSPS) is 14.4. The fourth-order valence-corrected chi connectivity index (χ4v) is 4.60. The second kappa shape index (κ2) is 15.5. The van der Waals surface area contributed by atoms with Crippen molar-refractivity contribution in [1.82, 2.24) is 0 Å². The van der Waals surface area contributed by atoms with Crippen LogP contribution in [0.5, 0.6) is 17.2 Å². The Morgan fingerprint density at radius 1 is 0.800 bits per heavy atom. The molecule has 192 valence electrons. The van der Waals surface area contributed by atoms with Crippen molar-refractivity contribution in [3.05, 3.63) is 53.6 Å². The highest BCUT2D eigenvalue weighted by atomic mass is 16.5. The summed E-state index contributed by atoms with van der Waals surface area (Å²) in [6, 6.07) is 12.9. The first kappa shape index (κ1) is 27.1. The molecule has 4 heteroatoms. The summed E-state index contributed by atoms with van der Waals surface area (Å²) < 4.78 is 17.5. The molecule has 1 heterocycles. The van der Waals surface area contributed by atoms with Crippen LogP contribution in [0.15, 0.2) is 42.5 Å². The molecule has 2 aromatic rings. The summed E-state index contributed by atoms with van der Waals surface area (Å²) in [7, 11) is 0. The van der Waals surface area contributed by atoms with E-state index < -0.39 is 0 Å². The summed E-state index contributed by atoms with van der Waals surface area (Å²) in [6.45, 7) is 5.20. The maximum absolute atomic E-state index is 12.7. The lowest BCUT2D eigenvalue weighted by atomic mass is 10.0. The van der Waals surface area contributed by atoms with E-state index in [1.165, 1.54) is 70.6 Å². The van der Waals surface area contributed by atoms with Crippen LogP contribution in [0, 0.1) is 0 Å². The fraction of sp³-hybridized carbons (Fsp3) is 0.581. The van der Waals surface area contributed by atoms with Gasteiger partial charge in [-0.05, 0) is 67.3 Å². The van der Waals surface area contributed by atoms with E-state index in [1.54, 1.807) is 18.2 Å². The number of carbonyl (C=O) groups is 1. The molecule has 3 rings (SSSR count). The van der Waals surface area contributed by atoms with Crippen molar-refractivity contribution in [2.45, 2.75) is 110 Å². The van der Waals surface area contributed by atoms with Crippen LogP contribution in [0.25, 0.3) is 0 Å². The molecule has 1 atom stereocenters. The summed E-state index contributed by atoms with van der Waals surface area (Å²) >= 11 is 0. The van der Waals surface area contributed by atoms with Crippen LogP contribution in [0.3, 0.4) is 0 Å². The zero-order chi connectivity index (χ0) is 24.7. The molecule has 0 aromatic heterocycles. The molecule has 1 unspecified atom stereocenters. The number of esters is 1. The number of rotatable bonds is 17. The van der Waals surface area contributed by atoms with Gasteiger partial charge >= 0.3 is 5.97 Å². The van der Waals surface area contributed by atoms with Gasteiger partial charge in [0.05, 0.1) is 12.2 Å². The van der Waals surface area contributed by atoms with Crippen molar-refractivity contribution in [3.63, 3.8) is 0 Å². The maximum atomic E-state index is 12.7. The molecular weight excluding hydrogens is 436 g/mol. The number of hydrogen-bond donors (Lipinski definition) is 0. The molecule has 4 nitrogen and oxygen atoms in total. The van der Waals surface area contributed by atoms with Gasteiger partial charge in [-0.2, -0.15) is 0 Å². The second-order valence-electron chi connectivity index (χ2n) is 9.80. The smallest absolute Gasteiger partial charge is 0.343 e. The average molecular weight is 481 g/mol. The van der Waals surface area contributed by atoms with Gasteiger partial charge in [-0.1, -0.05) is 78.1 Å². The molecular formula is C31H44O4. The number of unbranched alkanes of at least 4 members (excludes halogenated alkanes) is 10.